The second kappa shape index (κ2) is 6.32. The molecular formula is C14H14BrNO2S. The van der Waals surface area contributed by atoms with Crippen molar-refractivity contribution >= 4 is 33.2 Å². The van der Waals surface area contributed by atoms with E-state index < -0.39 is 5.97 Å². The van der Waals surface area contributed by atoms with E-state index in [1.54, 1.807) is 6.07 Å². The van der Waals surface area contributed by atoms with Gasteiger partial charge in [0.1, 0.15) is 4.88 Å². The Morgan fingerprint density at radius 1 is 1.32 bits per heavy atom. The number of aromatic carboxylic acids is 1. The van der Waals surface area contributed by atoms with Gasteiger partial charge in [0.15, 0.2) is 0 Å². The highest BCUT2D eigenvalue weighted by Crippen LogP contribution is 2.22. The maximum Gasteiger partial charge on any atom is 0.345 e. The zero-order valence-electron chi connectivity index (χ0n) is 10.4. The van der Waals surface area contributed by atoms with E-state index in [1.807, 2.05) is 25.1 Å². The molecule has 1 aromatic heterocycles. The number of thiophene rings is 1. The maximum atomic E-state index is 10.9. The first-order chi connectivity index (χ1) is 9.08. The summed E-state index contributed by atoms with van der Waals surface area (Å²) in [6, 6.07) is 9.79. The summed E-state index contributed by atoms with van der Waals surface area (Å²) in [7, 11) is 0. The monoisotopic (exact) mass is 339 g/mol. The van der Waals surface area contributed by atoms with Gasteiger partial charge in [0.2, 0.25) is 0 Å². The second-order valence-electron chi connectivity index (χ2n) is 4.19. The molecule has 0 spiro atoms. The summed E-state index contributed by atoms with van der Waals surface area (Å²) in [5.41, 5.74) is 2.24. The van der Waals surface area contributed by atoms with Gasteiger partial charge in [-0.25, -0.2) is 4.79 Å². The third kappa shape index (κ3) is 3.65. The van der Waals surface area contributed by atoms with Gasteiger partial charge in [0.25, 0.3) is 0 Å². The van der Waals surface area contributed by atoms with Crippen LogP contribution >= 0.6 is 27.3 Å². The fourth-order valence-electron chi connectivity index (χ4n) is 1.77. The highest BCUT2D eigenvalue weighted by molar-refractivity contribution is 9.10. The van der Waals surface area contributed by atoms with Gasteiger partial charge in [-0.1, -0.05) is 34.1 Å². The van der Waals surface area contributed by atoms with E-state index in [-0.39, 0.29) is 0 Å². The molecule has 100 valence electrons. The minimum atomic E-state index is -0.856. The molecule has 0 bridgehead atoms. The van der Waals surface area contributed by atoms with Gasteiger partial charge in [-0.15, -0.1) is 11.3 Å². The fourth-order valence-corrected chi connectivity index (χ4v) is 3.08. The van der Waals surface area contributed by atoms with Gasteiger partial charge in [-0.3, -0.25) is 0 Å². The first-order valence-electron chi connectivity index (χ1n) is 5.84. The number of benzene rings is 1. The van der Waals surface area contributed by atoms with Gasteiger partial charge < -0.3 is 10.4 Å². The second-order valence-corrected chi connectivity index (χ2v) is 6.30. The first-order valence-corrected chi connectivity index (χ1v) is 7.45. The Morgan fingerprint density at radius 3 is 2.63 bits per heavy atom. The van der Waals surface area contributed by atoms with Crippen LogP contribution in [0.5, 0.6) is 0 Å². The predicted molar refractivity (Wildman–Crippen MR) is 80.7 cm³/mol. The Hall–Kier alpha value is -1.17. The lowest BCUT2D eigenvalue weighted by molar-refractivity contribution is 0.0702. The van der Waals surface area contributed by atoms with Crippen LogP contribution in [0.4, 0.5) is 0 Å². The number of aryl methyl sites for hydroxylation is 1. The molecule has 0 radical (unpaired) electrons. The lowest BCUT2D eigenvalue weighted by Crippen LogP contribution is -2.13. The van der Waals surface area contributed by atoms with E-state index in [2.05, 4.69) is 27.3 Å². The Balaban J connectivity index is 1.96. The van der Waals surface area contributed by atoms with E-state index in [9.17, 15) is 4.79 Å². The fraction of sp³-hybridized carbons (Fsp3) is 0.214. The molecule has 2 aromatic rings. The molecule has 2 rings (SSSR count). The summed E-state index contributed by atoms with van der Waals surface area (Å²) in [6.07, 6.45) is 0. The van der Waals surface area contributed by atoms with Crippen molar-refractivity contribution in [3.8, 4) is 0 Å². The quantitative estimate of drug-likeness (QED) is 0.870. The van der Waals surface area contributed by atoms with Crippen molar-refractivity contribution in [2.45, 2.75) is 20.0 Å². The summed E-state index contributed by atoms with van der Waals surface area (Å²) in [5.74, 6) is -0.856. The van der Waals surface area contributed by atoms with E-state index in [1.165, 1.54) is 16.9 Å². The molecule has 0 saturated heterocycles. The summed E-state index contributed by atoms with van der Waals surface area (Å²) in [4.78, 5) is 12.3. The maximum absolute atomic E-state index is 10.9. The number of nitrogens with one attached hydrogen (secondary N) is 1. The van der Waals surface area contributed by atoms with Crippen molar-refractivity contribution < 1.29 is 9.90 Å². The SMILES string of the molecule is Cc1sc(C(=O)O)cc1CNCc1ccccc1Br. The molecule has 0 amide bonds. The minimum Gasteiger partial charge on any atom is -0.477 e. The van der Waals surface area contributed by atoms with E-state index in [4.69, 9.17) is 5.11 Å². The summed E-state index contributed by atoms with van der Waals surface area (Å²) in [6.45, 7) is 3.38. The van der Waals surface area contributed by atoms with Crippen molar-refractivity contribution in [3.63, 3.8) is 0 Å². The van der Waals surface area contributed by atoms with Crippen molar-refractivity contribution in [2.24, 2.45) is 0 Å². The molecule has 0 aliphatic carbocycles. The van der Waals surface area contributed by atoms with Gasteiger partial charge in [-0.2, -0.15) is 0 Å². The number of carboxylic acids is 1. The Morgan fingerprint density at radius 2 is 2.00 bits per heavy atom. The van der Waals surface area contributed by atoms with Gasteiger partial charge in [-0.05, 0) is 30.2 Å². The smallest absolute Gasteiger partial charge is 0.345 e. The zero-order chi connectivity index (χ0) is 13.8. The number of rotatable bonds is 5. The lowest BCUT2D eigenvalue weighted by Gasteiger charge is -2.06. The molecule has 1 aromatic carbocycles. The largest absolute Gasteiger partial charge is 0.477 e. The average Bonchev–Trinajstić information content (AvgIpc) is 2.74. The van der Waals surface area contributed by atoms with Crippen molar-refractivity contribution in [2.75, 3.05) is 0 Å². The predicted octanol–water partition coefficient (Wildman–Crippen LogP) is 3.81. The molecular weight excluding hydrogens is 326 g/mol. The average molecular weight is 340 g/mol. The number of hydrogen-bond acceptors (Lipinski definition) is 3. The van der Waals surface area contributed by atoms with Crippen molar-refractivity contribution in [3.05, 3.63) is 55.7 Å². The Labute approximate surface area is 124 Å². The van der Waals surface area contributed by atoms with Crippen LogP contribution in [0.2, 0.25) is 0 Å². The highest BCUT2D eigenvalue weighted by atomic mass is 79.9. The Bertz CT molecular complexity index is 595. The molecule has 3 nitrogen and oxygen atoms in total. The summed E-state index contributed by atoms with van der Waals surface area (Å²) >= 11 is 4.83. The normalized spacial score (nSPS) is 10.6. The summed E-state index contributed by atoms with van der Waals surface area (Å²) < 4.78 is 1.08. The van der Waals surface area contributed by atoms with Crippen LogP contribution < -0.4 is 5.32 Å². The zero-order valence-corrected chi connectivity index (χ0v) is 12.8. The molecule has 1 heterocycles. The number of carbonyl (C=O) groups is 1. The van der Waals surface area contributed by atoms with E-state index in [0.29, 0.717) is 11.4 Å². The van der Waals surface area contributed by atoms with Crippen LogP contribution in [0, 0.1) is 6.92 Å². The van der Waals surface area contributed by atoms with Crippen LogP contribution in [-0.2, 0) is 13.1 Å². The van der Waals surface area contributed by atoms with Crippen LogP contribution in [0.1, 0.15) is 25.7 Å². The van der Waals surface area contributed by atoms with Crippen LogP contribution in [0.25, 0.3) is 0 Å². The molecule has 2 N–H and O–H groups in total. The first kappa shape index (κ1) is 14.2. The molecule has 19 heavy (non-hydrogen) atoms. The topological polar surface area (TPSA) is 49.3 Å². The molecule has 0 aliphatic heterocycles. The van der Waals surface area contributed by atoms with E-state index in [0.717, 1.165) is 21.5 Å². The van der Waals surface area contributed by atoms with Crippen molar-refractivity contribution in [1.29, 1.82) is 0 Å². The number of halogens is 1. The Kier molecular flexibility index (Phi) is 4.74. The molecule has 5 heteroatoms. The minimum absolute atomic E-state index is 0.398. The summed E-state index contributed by atoms with van der Waals surface area (Å²) in [5, 5.41) is 12.3. The lowest BCUT2D eigenvalue weighted by atomic mass is 10.2. The number of hydrogen-bond donors (Lipinski definition) is 2. The molecule has 0 aliphatic rings. The highest BCUT2D eigenvalue weighted by Gasteiger charge is 2.10. The third-order valence-electron chi connectivity index (χ3n) is 2.82. The van der Waals surface area contributed by atoms with Gasteiger partial charge in [0, 0.05) is 22.4 Å². The van der Waals surface area contributed by atoms with Crippen molar-refractivity contribution in [1.82, 2.24) is 5.32 Å². The third-order valence-corrected chi connectivity index (χ3v) is 4.67. The molecule has 0 fully saturated rings. The van der Waals surface area contributed by atoms with Crippen LogP contribution in [0.15, 0.2) is 34.8 Å². The van der Waals surface area contributed by atoms with Gasteiger partial charge >= 0.3 is 5.97 Å². The van der Waals surface area contributed by atoms with E-state index >= 15 is 0 Å². The van der Waals surface area contributed by atoms with Crippen LogP contribution in [0.3, 0.4) is 0 Å². The van der Waals surface area contributed by atoms with Crippen LogP contribution in [-0.4, -0.2) is 11.1 Å². The molecule has 0 atom stereocenters. The molecule has 0 saturated carbocycles. The standard InChI is InChI=1S/C14H14BrNO2S/c1-9-11(6-13(19-9)14(17)18)8-16-7-10-4-2-3-5-12(10)15/h2-6,16H,7-8H2,1H3,(H,17,18). The number of carboxylic acid groups (broad SMARTS) is 1. The van der Waals surface area contributed by atoms with Gasteiger partial charge in [0.05, 0.1) is 0 Å². The molecule has 0 unspecified atom stereocenters.